The summed E-state index contributed by atoms with van der Waals surface area (Å²) in [7, 11) is 7.37. The molecule has 6 aliphatic rings. The van der Waals surface area contributed by atoms with Crippen LogP contribution in [0.2, 0.25) is 0 Å². The van der Waals surface area contributed by atoms with E-state index in [1.807, 2.05) is 61.0 Å². The molecule has 9 rings (SSSR count). The van der Waals surface area contributed by atoms with Crippen LogP contribution < -0.4 is 5.32 Å². The van der Waals surface area contributed by atoms with Crippen molar-refractivity contribution in [2.45, 2.75) is 44.0 Å². The van der Waals surface area contributed by atoms with Crippen molar-refractivity contribution in [3.63, 3.8) is 0 Å². The summed E-state index contributed by atoms with van der Waals surface area (Å²) in [5.41, 5.74) is 2.50. The lowest BCUT2D eigenvalue weighted by atomic mass is 9.86. The molecule has 4 amide bonds. The number of hydrogen-bond acceptors (Lipinski definition) is 11. The first-order chi connectivity index (χ1) is 23.4. The Labute approximate surface area is 299 Å². The number of nitrogens with one attached hydrogen (secondary N) is 1. The van der Waals surface area contributed by atoms with Gasteiger partial charge in [0.05, 0.1) is 13.2 Å². The van der Waals surface area contributed by atoms with E-state index in [1.54, 1.807) is 32.3 Å². The molecule has 12 nitrogen and oxygen atoms in total. The van der Waals surface area contributed by atoms with Gasteiger partial charge in [-0.3, -0.25) is 24.1 Å². The van der Waals surface area contributed by atoms with E-state index >= 15 is 0 Å². The lowest BCUT2D eigenvalue weighted by molar-refractivity contribution is -0.166. The number of para-hydroxylation sites is 2. The van der Waals surface area contributed by atoms with Gasteiger partial charge in [-0.2, -0.15) is 0 Å². The maximum absolute atomic E-state index is 14.5. The van der Waals surface area contributed by atoms with Gasteiger partial charge in [0, 0.05) is 62.3 Å². The van der Waals surface area contributed by atoms with Crippen LogP contribution in [0.5, 0.6) is 0 Å². The number of fused-ring (bicyclic) bond motifs is 6. The zero-order valence-electron chi connectivity index (χ0n) is 27.5. The molecule has 6 aliphatic heterocycles. The Morgan fingerprint density at radius 2 is 1.47 bits per heavy atom. The minimum absolute atomic E-state index is 0.173. The number of carbonyl (C=O) groups excluding carboxylic acids is 4. The SMILES string of the molecule is CSC1(CO)C(=O)N(C)C(Cc2cn(C34CC56SSC(CO)(C(=O)N5C3Nc3ccccc34)N(C)C6=O)c3ccccc23)(SC)C(=O)N1C. The van der Waals surface area contributed by atoms with Crippen molar-refractivity contribution in [3.8, 4) is 0 Å². The number of benzene rings is 2. The predicted molar refractivity (Wildman–Crippen MR) is 194 cm³/mol. The number of aromatic nitrogens is 1. The zero-order chi connectivity index (χ0) is 34.9. The van der Waals surface area contributed by atoms with Crippen LogP contribution in [-0.2, 0) is 31.1 Å². The number of thioether (sulfide) groups is 2. The van der Waals surface area contributed by atoms with Crippen LogP contribution in [0.15, 0.2) is 54.7 Å². The fourth-order valence-corrected chi connectivity index (χ4v) is 14.1. The number of nitrogens with zero attached hydrogens (tertiary/aromatic N) is 5. The number of amides is 4. The first-order valence-electron chi connectivity index (χ1n) is 15.7. The number of hydrogen-bond donors (Lipinski definition) is 3. The Morgan fingerprint density at radius 3 is 2.16 bits per heavy atom. The second kappa shape index (κ2) is 10.7. The molecule has 1 aromatic heterocycles. The average Bonchev–Trinajstić information content (AvgIpc) is 3.75. The predicted octanol–water partition coefficient (Wildman–Crippen LogP) is 2.20. The molecule has 5 fully saturated rings. The monoisotopic (exact) mass is 740 g/mol. The van der Waals surface area contributed by atoms with Crippen LogP contribution in [0.1, 0.15) is 17.5 Å². The minimum atomic E-state index is -1.43. The Kier molecular flexibility index (Phi) is 7.27. The quantitative estimate of drug-likeness (QED) is 0.308. The molecule has 0 saturated carbocycles. The summed E-state index contributed by atoms with van der Waals surface area (Å²) < 4.78 is 2.16. The zero-order valence-corrected chi connectivity index (χ0v) is 30.8. The molecule has 258 valence electrons. The Hall–Kier alpha value is -3.02. The number of aliphatic hydroxyl groups excluding tert-OH is 2. The Bertz CT molecular complexity index is 1970. The van der Waals surface area contributed by atoms with Gasteiger partial charge in [-0.1, -0.05) is 47.2 Å². The molecule has 0 aliphatic carbocycles. The number of piperazine rings is 2. The molecule has 6 atom stereocenters. The molecular formula is C33H36N6O6S4. The topological polar surface area (TPSA) is 139 Å². The lowest BCUT2D eigenvalue weighted by Crippen LogP contribution is -2.77. The summed E-state index contributed by atoms with van der Waals surface area (Å²) in [5.74, 6) is -1.19. The van der Waals surface area contributed by atoms with Crippen molar-refractivity contribution < 1.29 is 29.4 Å². The van der Waals surface area contributed by atoms with Crippen molar-refractivity contribution in [3.05, 3.63) is 65.9 Å². The van der Waals surface area contributed by atoms with Crippen molar-refractivity contribution >= 4 is 85.3 Å². The summed E-state index contributed by atoms with van der Waals surface area (Å²) in [6, 6.07) is 15.8. The Morgan fingerprint density at radius 1 is 0.816 bits per heavy atom. The number of aliphatic hydroxyl groups is 2. The van der Waals surface area contributed by atoms with Gasteiger partial charge in [0.15, 0.2) is 14.6 Å². The second-order valence-electron chi connectivity index (χ2n) is 13.2. The highest BCUT2D eigenvalue weighted by Crippen LogP contribution is 2.69. The summed E-state index contributed by atoms with van der Waals surface area (Å²) in [4.78, 5) is 57.7. The highest BCUT2D eigenvalue weighted by atomic mass is 33.1. The highest BCUT2D eigenvalue weighted by molar-refractivity contribution is 8.78. The van der Waals surface area contributed by atoms with E-state index in [-0.39, 0.29) is 36.5 Å². The van der Waals surface area contributed by atoms with E-state index in [0.29, 0.717) is 0 Å². The van der Waals surface area contributed by atoms with E-state index in [2.05, 4.69) is 9.88 Å². The minimum Gasteiger partial charge on any atom is -0.392 e. The molecule has 0 radical (unpaired) electrons. The van der Waals surface area contributed by atoms with Gasteiger partial charge in [0.1, 0.15) is 11.7 Å². The molecule has 5 saturated heterocycles. The van der Waals surface area contributed by atoms with Crippen molar-refractivity contribution in [2.24, 2.45) is 0 Å². The second-order valence-corrected chi connectivity index (χ2v) is 18.1. The van der Waals surface area contributed by atoms with Crippen LogP contribution in [0.3, 0.4) is 0 Å². The number of anilines is 1. The van der Waals surface area contributed by atoms with Crippen LogP contribution >= 0.6 is 45.1 Å². The fraction of sp³-hybridized carbons (Fsp3) is 0.455. The maximum atomic E-state index is 14.5. The maximum Gasteiger partial charge on any atom is 0.265 e. The van der Waals surface area contributed by atoms with Gasteiger partial charge < -0.3 is 34.8 Å². The molecule has 49 heavy (non-hydrogen) atoms. The van der Waals surface area contributed by atoms with E-state index in [4.69, 9.17) is 0 Å². The number of rotatable bonds is 7. The first kappa shape index (κ1) is 33.1. The van der Waals surface area contributed by atoms with Crippen molar-refractivity contribution in [1.29, 1.82) is 0 Å². The smallest absolute Gasteiger partial charge is 0.265 e. The summed E-state index contributed by atoms with van der Waals surface area (Å²) >= 11 is 2.42. The van der Waals surface area contributed by atoms with Crippen LogP contribution in [-0.4, -0.2) is 131 Å². The molecule has 6 unspecified atom stereocenters. The Balaban J connectivity index is 1.33. The summed E-state index contributed by atoms with van der Waals surface area (Å²) in [6.07, 6.45) is 5.32. The third kappa shape index (κ3) is 3.65. The first-order valence-corrected chi connectivity index (χ1v) is 20.3. The molecule has 1 spiro atoms. The van der Waals surface area contributed by atoms with E-state index in [0.717, 1.165) is 39.5 Å². The van der Waals surface area contributed by atoms with Gasteiger partial charge in [-0.15, -0.1) is 23.5 Å². The van der Waals surface area contributed by atoms with E-state index < -0.39 is 44.4 Å². The van der Waals surface area contributed by atoms with Gasteiger partial charge >= 0.3 is 0 Å². The van der Waals surface area contributed by atoms with Crippen molar-refractivity contribution in [2.75, 3.05) is 52.2 Å². The molecule has 3 aromatic rings. The standard InChI is InChI=1S/C33H36N6O6S4/c1-35-27(44)32(17-40,47-5)36(2)25(42)30(35,46-4)14-19-15-38(23-13-9-6-10-20(19)23)29-16-31-26(43)37(3)33(18-41,49-48-31)28(45)39(31)24(29)34-22-12-8-7-11-21(22)29/h6-13,15,24,34,40-41H,14,16-18H2,1-5H3. The van der Waals surface area contributed by atoms with Crippen LogP contribution in [0, 0.1) is 0 Å². The molecule has 7 heterocycles. The average molecular weight is 741 g/mol. The van der Waals surface area contributed by atoms with Crippen LogP contribution in [0.25, 0.3) is 10.9 Å². The fourth-order valence-electron chi connectivity index (χ4n) is 8.70. The molecule has 3 N–H and O–H groups in total. The van der Waals surface area contributed by atoms with Gasteiger partial charge in [-0.25, -0.2) is 0 Å². The summed E-state index contributed by atoms with van der Waals surface area (Å²) in [6.45, 7) is -1.03. The molecular weight excluding hydrogens is 705 g/mol. The van der Waals surface area contributed by atoms with Gasteiger partial charge in [0.25, 0.3) is 23.6 Å². The largest absolute Gasteiger partial charge is 0.392 e. The summed E-state index contributed by atoms with van der Waals surface area (Å²) in [5, 5.41) is 25.4. The van der Waals surface area contributed by atoms with E-state index in [1.165, 1.54) is 48.0 Å². The third-order valence-corrected chi connectivity index (χ3v) is 17.6. The highest BCUT2D eigenvalue weighted by Gasteiger charge is 2.78. The van der Waals surface area contributed by atoms with Crippen LogP contribution in [0.4, 0.5) is 5.69 Å². The molecule has 16 heteroatoms. The van der Waals surface area contributed by atoms with Gasteiger partial charge in [0.2, 0.25) is 4.87 Å². The van der Waals surface area contributed by atoms with E-state index in [9.17, 15) is 29.4 Å². The lowest BCUT2D eigenvalue weighted by Gasteiger charge is -2.57. The van der Waals surface area contributed by atoms with Crippen molar-refractivity contribution in [1.82, 2.24) is 24.2 Å². The normalized spacial score (nSPS) is 35.0. The third-order valence-electron chi connectivity index (χ3n) is 11.5. The van der Waals surface area contributed by atoms with Gasteiger partial charge in [-0.05, 0) is 41.0 Å². The number of likely N-dealkylation sites (N-methyl/N-ethyl adjacent to an activating group) is 3. The number of carbonyl (C=O) groups is 4. The molecule has 2 bridgehead atoms. The molecule has 2 aromatic carbocycles.